The van der Waals surface area contributed by atoms with E-state index in [4.69, 9.17) is 9.73 Å². The van der Waals surface area contributed by atoms with Crippen LogP contribution < -0.4 is 4.74 Å². The van der Waals surface area contributed by atoms with Crippen LogP contribution in [0.25, 0.3) is 0 Å². The summed E-state index contributed by atoms with van der Waals surface area (Å²) < 4.78 is 5.47. The molecule has 1 N–H and O–H groups in total. The van der Waals surface area contributed by atoms with E-state index in [-0.39, 0.29) is 5.75 Å². The van der Waals surface area contributed by atoms with Crippen molar-refractivity contribution in [3.8, 4) is 11.5 Å². The van der Waals surface area contributed by atoms with Crippen LogP contribution in [0.2, 0.25) is 0 Å². The molecule has 0 amide bonds. The predicted octanol–water partition coefficient (Wildman–Crippen LogP) is 4.81. The van der Waals surface area contributed by atoms with Gasteiger partial charge in [0.15, 0.2) is 11.5 Å². The number of hydrogen-bond acceptors (Lipinski definition) is 3. The van der Waals surface area contributed by atoms with Crippen molar-refractivity contribution in [1.82, 2.24) is 0 Å². The molecule has 1 unspecified atom stereocenters. The summed E-state index contributed by atoms with van der Waals surface area (Å²) in [6, 6.07) is 5.87. The number of phenolic OH excluding ortho intramolecular Hbond substituents is 1. The second-order valence-corrected chi connectivity index (χ2v) is 8.39. The van der Waals surface area contributed by atoms with Crippen molar-refractivity contribution in [3.63, 3.8) is 0 Å². The molecule has 3 nitrogen and oxygen atoms in total. The van der Waals surface area contributed by atoms with Gasteiger partial charge in [-0.15, -0.1) is 0 Å². The summed E-state index contributed by atoms with van der Waals surface area (Å²) in [5, 5.41) is 9.83. The van der Waals surface area contributed by atoms with Crippen molar-refractivity contribution < 1.29 is 9.84 Å². The number of ether oxygens (including phenoxy) is 1. The molecule has 0 aliphatic heterocycles. The fraction of sp³-hybridized carbons (Fsp3) is 0.667. The van der Waals surface area contributed by atoms with Crippen molar-refractivity contribution in [2.75, 3.05) is 6.61 Å². The van der Waals surface area contributed by atoms with Crippen molar-refractivity contribution in [3.05, 3.63) is 23.8 Å². The quantitative estimate of drug-likeness (QED) is 0.788. The highest BCUT2D eigenvalue weighted by Crippen LogP contribution is 2.61. The van der Waals surface area contributed by atoms with E-state index in [1.165, 1.54) is 38.5 Å². The highest BCUT2D eigenvalue weighted by Gasteiger charge is 2.53. The van der Waals surface area contributed by atoms with Crippen molar-refractivity contribution >= 4 is 6.21 Å². The Morgan fingerprint density at radius 2 is 1.83 bits per heavy atom. The summed E-state index contributed by atoms with van der Waals surface area (Å²) in [7, 11) is 0. The third-order valence-corrected chi connectivity index (χ3v) is 6.70. The second kappa shape index (κ2) is 6.09. The Bertz CT molecular complexity index is 601. The average molecular weight is 327 g/mol. The maximum atomic E-state index is 9.83. The number of aromatic hydroxyl groups is 1. The maximum Gasteiger partial charge on any atom is 0.161 e. The first kappa shape index (κ1) is 16.0. The molecule has 0 saturated heterocycles. The van der Waals surface area contributed by atoms with Gasteiger partial charge in [0.25, 0.3) is 0 Å². The number of nitrogens with zero attached hydrogens (tertiary/aromatic N) is 1. The van der Waals surface area contributed by atoms with Gasteiger partial charge in [-0.3, -0.25) is 4.99 Å². The minimum atomic E-state index is 0.197. The van der Waals surface area contributed by atoms with Crippen molar-refractivity contribution in [2.45, 2.75) is 58.4 Å². The van der Waals surface area contributed by atoms with Crippen LogP contribution in [-0.4, -0.2) is 24.0 Å². The van der Waals surface area contributed by atoms with Crippen LogP contribution in [0.4, 0.5) is 0 Å². The first-order valence-corrected chi connectivity index (χ1v) is 9.57. The molecule has 0 spiro atoms. The molecule has 130 valence electrons. The molecule has 4 bridgehead atoms. The third kappa shape index (κ3) is 2.82. The Kier molecular flexibility index (Phi) is 4.06. The monoisotopic (exact) mass is 327 g/mol. The van der Waals surface area contributed by atoms with Gasteiger partial charge in [-0.2, -0.15) is 0 Å². The SMILES string of the molecule is CCOc1cc(C=NC(C)C23CC4CC(CC(C4)C2)C3)ccc1O. The van der Waals surface area contributed by atoms with E-state index < -0.39 is 0 Å². The first-order chi connectivity index (χ1) is 11.6. The van der Waals surface area contributed by atoms with Crippen molar-refractivity contribution in [1.29, 1.82) is 0 Å². The largest absolute Gasteiger partial charge is 0.504 e. The summed E-state index contributed by atoms with van der Waals surface area (Å²) >= 11 is 0. The average Bonchev–Trinajstić information content (AvgIpc) is 2.54. The molecule has 3 heteroatoms. The Hall–Kier alpha value is -1.51. The number of benzene rings is 1. The molecule has 0 radical (unpaired) electrons. The van der Waals surface area contributed by atoms with Crippen LogP contribution in [0.15, 0.2) is 23.2 Å². The molecule has 5 rings (SSSR count). The fourth-order valence-electron chi connectivity index (χ4n) is 5.93. The van der Waals surface area contributed by atoms with Gasteiger partial charge in [0, 0.05) is 6.21 Å². The van der Waals surface area contributed by atoms with E-state index in [9.17, 15) is 5.11 Å². The van der Waals surface area contributed by atoms with E-state index in [1.807, 2.05) is 25.3 Å². The van der Waals surface area contributed by atoms with Gasteiger partial charge < -0.3 is 9.84 Å². The smallest absolute Gasteiger partial charge is 0.161 e. The Balaban J connectivity index is 1.51. The minimum Gasteiger partial charge on any atom is -0.504 e. The molecule has 0 heterocycles. The standard InChI is InChI=1S/C21H29NO2/c1-3-24-20-9-15(4-5-19(20)23)13-22-14(2)21-10-16-6-17(11-21)8-18(7-16)12-21/h4-5,9,13-14,16-18,23H,3,6-8,10-12H2,1-2H3. The summed E-state index contributed by atoms with van der Waals surface area (Å²) in [6.45, 7) is 4.79. The van der Waals surface area contributed by atoms with Gasteiger partial charge in [-0.25, -0.2) is 0 Å². The molecule has 1 atom stereocenters. The Morgan fingerprint density at radius 3 is 2.42 bits per heavy atom. The lowest BCUT2D eigenvalue weighted by molar-refractivity contribution is -0.0632. The third-order valence-electron chi connectivity index (χ3n) is 6.70. The Labute approximate surface area is 145 Å². The van der Waals surface area contributed by atoms with Crippen LogP contribution in [-0.2, 0) is 0 Å². The molecular weight excluding hydrogens is 298 g/mol. The second-order valence-electron chi connectivity index (χ2n) is 8.39. The van der Waals surface area contributed by atoms with Gasteiger partial charge in [-0.05, 0) is 99.3 Å². The lowest BCUT2D eigenvalue weighted by Gasteiger charge is -2.58. The van der Waals surface area contributed by atoms with Gasteiger partial charge in [0.1, 0.15) is 0 Å². The minimum absolute atomic E-state index is 0.197. The first-order valence-electron chi connectivity index (χ1n) is 9.57. The zero-order valence-electron chi connectivity index (χ0n) is 14.9. The van der Waals surface area contributed by atoms with Gasteiger partial charge in [0.05, 0.1) is 12.6 Å². The number of aliphatic imine (C=N–C) groups is 1. The van der Waals surface area contributed by atoms with Crippen molar-refractivity contribution in [2.24, 2.45) is 28.2 Å². The highest BCUT2D eigenvalue weighted by atomic mass is 16.5. The number of phenols is 1. The molecule has 4 fully saturated rings. The van der Waals surface area contributed by atoms with E-state index in [0.29, 0.717) is 23.8 Å². The highest BCUT2D eigenvalue weighted by molar-refractivity contribution is 5.81. The lowest BCUT2D eigenvalue weighted by atomic mass is 9.48. The maximum absolute atomic E-state index is 9.83. The van der Waals surface area contributed by atoms with Crippen LogP contribution in [0.3, 0.4) is 0 Å². The number of rotatable bonds is 5. The molecule has 1 aromatic carbocycles. The normalized spacial score (nSPS) is 35.5. The fourth-order valence-corrected chi connectivity index (χ4v) is 5.93. The molecule has 0 aromatic heterocycles. The summed E-state index contributed by atoms with van der Waals surface area (Å²) in [5.74, 6) is 3.64. The van der Waals surface area contributed by atoms with E-state index >= 15 is 0 Å². The number of hydrogen-bond donors (Lipinski definition) is 1. The molecule has 24 heavy (non-hydrogen) atoms. The van der Waals surface area contributed by atoms with Crippen LogP contribution in [0, 0.1) is 23.2 Å². The van der Waals surface area contributed by atoms with E-state index in [0.717, 1.165) is 23.3 Å². The lowest BCUT2D eigenvalue weighted by Crippen LogP contribution is -2.50. The van der Waals surface area contributed by atoms with Crippen LogP contribution in [0.5, 0.6) is 11.5 Å². The van der Waals surface area contributed by atoms with Crippen LogP contribution in [0.1, 0.15) is 57.9 Å². The van der Waals surface area contributed by atoms with Gasteiger partial charge in [0.2, 0.25) is 0 Å². The molecule has 4 saturated carbocycles. The molecule has 4 aliphatic rings. The molecule has 1 aromatic rings. The van der Waals surface area contributed by atoms with Gasteiger partial charge >= 0.3 is 0 Å². The van der Waals surface area contributed by atoms with Gasteiger partial charge in [-0.1, -0.05) is 0 Å². The summed E-state index contributed by atoms with van der Waals surface area (Å²) in [5.41, 5.74) is 1.46. The summed E-state index contributed by atoms with van der Waals surface area (Å²) in [6.07, 6.45) is 10.6. The topological polar surface area (TPSA) is 41.8 Å². The molecular formula is C21H29NO2. The zero-order chi connectivity index (χ0) is 16.7. The summed E-state index contributed by atoms with van der Waals surface area (Å²) in [4.78, 5) is 4.95. The van der Waals surface area contributed by atoms with Crippen LogP contribution >= 0.6 is 0 Å². The van der Waals surface area contributed by atoms with E-state index in [1.54, 1.807) is 6.07 Å². The Morgan fingerprint density at radius 1 is 1.21 bits per heavy atom. The van der Waals surface area contributed by atoms with E-state index in [2.05, 4.69) is 6.92 Å². The molecule has 4 aliphatic carbocycles. The zero-order valence-corrected chi connectivity index (χ0v) is 14.9. The predicted molar refractivity (Wildman–Crippen MR) is 96.9 cm³/mol.